The number of rotatable bonds is 4. The summed E-state index contributed by atoms with van der Waals surface area (Å²) in [7, 11) is 0. The van der Waals surface area contributed by atoms with Crippen LogP contribution in [0.4, 0.5) is 5.82 Å². The second-order valence-electron chi connectivity index (χ2n) is 4.98. The molecule has 0 spiro atoms. The molecular weight excluding hydrogens is 314 g/mol. The lowest BCUT2D eigenvalue weighted by Crippen LogP contribution is -2.15. The molecule has 3 rings (SSSR count). The minimum atomic E-state index is -0.350. The van der Waals surface area contributed by atoms with E-state index >= 15 is 0 Å². The van der Waals surface area contributed by atoms with Crippen molar-refractivity contribution in [1.29, 1.82) is 0 Å². The summed E-state index contributed by atoms with van der Waals surface area (Å²) in [6.45, 7) is 2.37. The highest BCUT2D eigenvalue weighted by Crippen LogP contribution is 2.12. The first kappa shape index (κ1) is 15.2. The lowest BCUT2D eigenvalue weighted by molar-refractivity contribution is 0.102. The molecule has 1 N–H and O–H groups in total. The summed E-state index contributed by atoms with van der Waals surface area (Å²) >= 11 is 5.77. The lowest BCUT2D eigenvalue weighted by Gasteiger charge is -2.05. The smallest absolute Gasteiger partial charge is 0.279 e. The van der Waals surface area contributed by atoms with E-state index in [4.69, 9.17) is 11.6 Å². The molecule has 116 valence electrons. The number of hydrogen-bond donors (Lipinski definition) is 1. The van der Waals surface area contributed by atoms with Gasteiger partial charge in [-0.3, -0.25) is 4.79 Å². The fourth-order valence-electron chi connectivity index (χ4n) is 2.10. The van der Waals surface area contributed by atoms with E-state index in [0.717, 1.165) is 5.56 Å². The average Bonchev–Trinajstić information content (AvgIpc) is 2.92. The van der Waals surface area contributed by atoms with Crippen LogP contribution in [0.5, 0.6) is 0 Å². The maximum atomic E-state index is 12.3. The van der Waals surface area contributed by atoms with Crippen LogP contribution in [-0.2, 0) is 6.54 Å². The fourth-order valence-corrected chi connectivity index (χ4v) is 2.21. The number of anilines is 1. The molecule has 1 aromatic carbocycles. The molecule has 0 aliphatic heterocycles. The summed E-state index contributed by atoms with van der Waals surface area (Å²) in [6.07, 6.45) is 1.47. The molecule has 0 saturated carbocycles. The molecule has 6 nitrogen and oxygen atoms in total. The molecule has 7 heteroatoms. The van der Waals surface area contributed by atoms with Crippen molar-refractivity contribution >= 4 is 23.3 Å². The normalized spacial score (nSPS) is 10.5. The number of amides is 1. The molecule has 0 aliphatic carbocycles. The highest BCUT2D eigenvalue weighted by Gasteiger charge is 2.17. The molecule has 2 aromatic heterocycles. The van der Waals surface area contributed by atoms with Crippen LogP contribution in [0.2, 0.25) is 5.02 Å². The van der Waals surface area contributed by atoms with Gasteiger partial charge in [0.2, 0.25) is 0 Å². The van der Waals surface area contributed by atoms with Crippen molar-refractivity contribution in [2.45, 2.75) is 13.5 Å². The number of carbonyl (C=O) groups excluding carboxylic acids is 1. The molecule has 23 heavy (non-hydrogen) atoms. The molecule has 0 fully saturated rings. The second-order valence-corrected chi connectivity index (χ2v) is 5.42. The summed E-state index contributed by atoms with van der Waals surface area (Å²) < 4.78 is 1.69. The average molecular weight is 328 g/mol. The van der Waals surface area contributed by atoms with E-state index in [1.54, 1.807) is 16.8 Å². The van der Waals surface area contributed by atoms with Crippen molar-refractivity contribution in [2.75, 3.05) is 5.32 Å². The highest BCUT2D eigenvalue weighted by molar-refractivity contribution is 6.30. The van der Waals surface area contributed by atoms with Crippen molar-refractivity contribution in [3.05, 3.63) is 70.6 Å². The van der Waals surface area contributed by atoms with E-state index in [0.29, 0.717) is 23.1 Å². The van der Waals surface area contributed by atoms with E-state index in [1.807, 2.05) is 37.3 Å². The molecule has 1 amide bonds. The molecule has 3 aromatic rings. The van der Waals surface area contributed by atoms with Crippen LogP contribution in [0, 0.1) is 6.92 Å². The fraction of sp³-hybridized carbons (Fsp3) is 0.125. The van der Waals surface area contributed by atoms with E-state index in [1.165, 1.54) is 6.20 Å². The summed E-state index contributed by atoms with van der Waals surface area (Å²) in [4.78, 5) is 16.3. The van der Waals surface area contributed by atoms with Gasteiger partial charge in [-0.1, -0.05) is 47.1 Å². The van der Waals surface area contributed by atoms with Crippen molar-refractivity contribution in [3.63, 3.8) is 0 Å². The van der Waals surface area contributed by atoms with Crippen LogP contribution in [0.1, 0.15) is 21.7 Å². The van der Waals surface area contributed by atoms with E-state index in [2.05, 4.69) is 20.6 Å². The lowest BCUT2D eigenvalue weighted by atomic mass is 10.2. The molecule has 0 saturated heterocycles. The van der Waals surface area contributed by atoms with Crippen LogP contribution >= 0.6 is 11.6 Å². The van der Waals surface area contributed by atoms with E-state index in [9.17, 15) is 4.79 Å². The predicted molar refractivity (Wildman–Crippen MR) is 87.5 cm³/mol. The van der Waals surface area contributed by atoms with Crippen LogP contribution in [-0.4, -0.2) is 25.9 Å². The highest BCUT2D eigenvalue weighted by atomic mass is 35.5. The van der Waals surface area contributed by atoms with Gasteiger partial charge in [-0.05, 0) is 24.6 Å². The van der Waals surface area contributed by atoms with Crippen molar-refractivity contribution in [2.24, 2.45) is 0 Å². The maximum Gasteiger partial charge on any atom is 0.279 e. The number of halogens is 1. The summed E-state index contributed by atoms with van der Waals surface area (Å²) in [5, 5.41) is 11.2. The first-order valence-corrected chi connectivity index (χ1v) is 7.38. The minimum Gasteiger partial charge on any atom is -0.305 e. The predicted octanol–water partition coefficient (Wildman–Crippen LogP) is 2.94. The maximum absolute atomic E-state index is 12.3. The SMILES string of the molecule is Cc1c(C(=O)Nc2ccc(Cl)cn2)nnn1Cc1ccccc1. The van der Waals surface area contributed by atoms with Crippen molar-refractivity contribution in [1.82, 2.24) is 20.0 Å². The Morgan fingerprint density at radius 1 is 1.22 bits per heavy atom. The summed E-state index contributed by atoms with van der Waals surface area (Å²) in [5.41, 5.74) is 2.06. The van der Waals surface area contributed by atoms with Gasteiger partial charge >= 0.3 is 0 Å². The van der Waals surface area contributed by atoms with Gasteiger partial charge in [0.15, 0.2) is 5.69 Å². The molecule has 0 aliphatic rings. The molecule has 0 atom stereocenters. The summed E-state index contributed by atoms with van der Waals surface area (Å²) in [6, 6.07) is 13.2. The van der Waals surface area contributed by atoms with Gasteiger partial charge in [-0.15, -0.1) is 5.10 Å². The van der Waals surface area contributed by atoms with Crippen LogP contribution < -0.4 is 5.32 Å². The van der Waals surface area contributed by atoms with Gasteiger partial charge in [0, 0.05) is 6.20 Å². The third-order valence-electron chi connectivity index (χ3n) is 3.34. The van der Waals surface area contributed by atoms with E-state index < -0.39 is 0 Å². The van der Waals surface area contributed by atoms with Gasteiger partial charge in [0.25, 0.3) is 5.91 Å². The Morgan fingerprint density at radius 3 is 2.70 bits per heavy atom. The number of nitrogens with one attached hydrogen (secondary N) is 1. The van der Waals surface area contributed by atoms with Crippen LogP contribution in [0.3, 0.4) is 0 Å². The van der Waals surface area contributed by atoms with Crippen molar-refractivity contribution < 1.29 is 4.79 Å². The topological polar surface area (TPSA) is 72.7 Å². The number of aromatic nitrogens is 4. The number of benzene rings is 1. The number of carbonyl (C=O) groups is 1. The third kappa shape index (κ3) is 3.54. The zero-order valence-electron chi connectivity index (χ0n) is 12.4. The minimum absolute atomic E-state index is 0.276. The van der Waals surface area contributed by atoms with Gasteiger partial charge in [0.05, 0.1) is 17.3 Å². The first-order chi connectivity index (χ1) is 11.1. The monoisotopic (exact) mass is 327 g/mol. The van der Waals surface area contributed by atoms with Gasteiger partial charge in [0.1, 0.15) is 5.82 Å². The standard InChI is InChI=1S/C16H14ClN5O/c1-11-15(16(23)19-14-8-7-13(17)9-18-14)20-21-22(11)10-12-5-3-2-4-6-12/h2-9H,10H2,1H3,(H,18,19,23). The second kappa shape index (κ2) is 6.58. The molecule has 2 heterocycles. The Bertz CT molecular complexity index is 814. The Morgan fingerprint density at radius 2 is 2.00 bits per heavy atom. The van der Waals surface area contributed by atoms with Gasteiger partial charge in [-0.25, -0.2) is 9.67 Å². The first-order valence-electron chi connectivity index (χ1n) is 7.00. The third-order valence-corrected chi connectivity index (χ3v) is 3.57. The zero-order valence-corrected chi connectivity index (χ0v) is 13.2. The Balaban J connectivity index is 1.75. The number of hydrogen-bond acceptors (Lipinski definition) is 4. The molecule has 0 radical (unpaired) electrons. The molecule has 0 unspecified atom stereocenters. The quantitative estimate of drug-likeness (QED) is 0.799. The van der Waals surface area contributed by atoms with Crippen LogP contribution in [0.15, 0.2) is 48.7 Å². The Hall–Kier alpha value is -2.73. The number of nitrogens with zero attached hydrogens (tertiary/aromatic N) is 4. The Labute approximate surface area is 138 Å². The number of pyridine rings is 1. The van der Waals surface area contributed by atoms with Crippen LogP contribution in [0.25, 0.3) is 0 Å². The van der Waals surface area contributed by atoms with Gasteiger partial charge < -0.3 is 5.32 Å². The van der Waals surface area contributed by atoms with E-state index in [-0.39, 0.29) is 11.6 Å². The molecular formula is C16H14ClN5O. The van der Waals surface area contributed by atoms with Gasteiger partial charge in [-0.2, -0.15) is 0 Å². The van der Waals surface area contributed by atoms with Crippen molar-refractivity contribution in [3.8, 4) is 0 Å². The summed E-state index contributed by atoms with van der Waals surface area (Å²) in [5.74, 6) is 0.0630. The molecule has 0 bridgehead atoms. The largest absolute Gasteiger partial charge is 0.305 e. The Kier molecular flexibility index (Phi) is 4.34. The zero-order chi connectivity index (χ0) is 16.2.